The summed E-state index contributed by atoms with van der Waals surface area (Å²) in [6.45, 7) is 4.25. The van der Waals surface area contributed by atoms with Crippen LogP contribution < -0.4 is 10.3 Å². The molecule has 1 aliphatic carbocycles. The highest BCUT2D eigenvalue weighted by molar-refractivity contribution is 6.30. The Morgan fingerprint density at radius 3 is 2.93 bits per heavy atom. The average Bonchev–Trinajstić information content (AvgIpc) is 3.16. The minimum atomic E-state index is -0.101. The van der Waals surface area contributed by atoms with Gasteiger partial charge in [-0.05, 0) is 30.9 Å². The zero-order chi connectivity index (χ0) is 20.4. The molecule has 1 unspecified atom stereocenters. The number of nitrogens with zero attached hydrogens (tertiary/aromatic N) is 7. The fourth-order valence-corrected chi connectivity index (χ4v) is 4.77. The van der Waals surface area contributed by atoms with Gasteiger partial charge in [0.2, 0.25) is 5.89 Å². The fourth-order valence-electron chi connectivity index (χ4n) is 4.62. The Balaban J connectivity index is 1.11. The first kappa shape index (κ1) is 17.7. The number of halogens is 1. The van der Waals surface area contributed by atoms with Gasteiger partial charge in [-0.15, -0.1) is 0 Å². The summed E-state index contributed by atoms with van der Waals surface area (Å²) in [6, 6.07) is 3.67. The van der Waals surface area contributed by atoms with Crippen molar-refractivity contribution >= 4 is 23.3 Å². The standard InChI is InChI=1S/C19H19ClN8O2/c1-10-17-19(29)27(9-23-28(17)8-22-10)7-15-24-18(25-30-15)16-12-5-26(6-13(12)16)14-4-11(20)2-3-21-14/h2-4,8,12-13,16,23H,5-7,9H2,1H3/t12-,13+,16?. The minimum Gasteiger partial charge on any atom is -0.356 e. The predicted molar refractivity (Wildman–Crippen MR) is 107 cm³/mol. The van der Waals surface area contributed by atoms with Crippen LogP contribution in [0.15, 0.2) is 29.2 Å². The molecule has 1 saturated carbocycles. The van der Waals surface area contributed by atoms with E-state index in [0.717, 1.165) is 24.7 Å². The SMILES string of the molecule is Cc1ncn2c1C(=O)N(Cc1nc(C3[C@H]4CN(c5cc(Cl)ccn5)C[C@@H]34)no1)CN2. The highest BCUT2D eigenvalue weighted by Crippen LogP contribution is 2.57. The lowest BCUT2D eigenvalue weighted by atomic mass is 10.2. The summed E-state index contributed by atoms with van der Waals surface area (Å²) in [5, 5.41) is 4.89. The highest BCUT2D eigenvalue weighted by Gasteiger charge is 2.58. The molecular weight excluding hydrogens is 408 g/mol. The van der Waals surface area contributed by atoms with Crippen LogP contribution in [0.25, 0.3) is 0 Å². The molecule has 0 bridgehead atoms. The molecule has 6 rings (SSSR count). The van der Waals surface area contributed by atoms with Crippen molar-refractivity contribution in [3.05, 3.63) is 52.8 Å². The van der Waals surface area contributed by atoms with Gasteiger partial charge in [-0.1, -0.05) is 16.8 Å². The van der Waals surface area contributed by atoms with E-state index in [1.54, 1.807) is 28.2 Å². The first-order valence-corrected chi connectivity index (χ1v) is 10.2. The number of hydrogen-bond acceptors (Lipinski definition) is 8. The van der Waals surface area contributed by atoms with Crippen molar-refractivity contribution in [2.24, 2.45) is 11.8 Å². The Morgan fingerprint density at radius 2 is 2.13 bits per heavy atom. The number of carbonyl (C=O) groups is 1. The third-order valence-electron chi connectivity index (χ3n) is 6.21. The number of piperidine rings is 1. The molecule has 10 nitrogen and oxygen atoms in total. The van der Waals surface area contributed by atoms with E-state index < -0.39 is 0 Å². The van der Waals surface area contributed by atoms with E-state index in [-0.39, 0.29) is 12.5 Å². The zero-order valence-corrected chi connectivity index (χ0v) is 17.0. The number of nitrogens with one attached hydrogen (secondary N) is 1. The van der Waals surface area contributed by atoms with Crippen molar-refractivity contribution in [1.29, 1.82) is 0 Å². The monoisotopic (exact) mass is 426 g/mol. The molecule has 0 spiro atoms. The van der Waals surface area contributed by atoms with E-state index in [2.05, 4.69) is 30.4 Å². The number of amides is 1. The number of rotatable bonds is 4. The van der Waals surface area contributed by atoms with Crippen LogP contribution in [0.5, 0.6) is 0 Å². The van der Waals surface area contributed by atoms with Gasteiger partial charge in [0, 0.05) is 30.2 Å². The van der Waals surface area contributed by atoms with Crippen LogP contribution in [0.1, 0.15) is 33.8 Å². The van der Waals surface area contributed by atoms with Gasteiger partial charge in [-0.25, -0.2) is 14.6 Å². The molecule has 11 heteroatoms. The second-order valence-corrected chi connectivity index (χ2v) is 8.44. The third-order valence-corrected chi connectivity index (χ3v) is 6.44. The molecule has 154 valence electrons. The number of anilines is 1. The van der Waals surface area contributed by atoms with Crippen LogP contribution >= 0.6 is 11.6 Å². The fraction of sp³-hybridized carbons (Fsp3) is 0.421. The molecule has 5 heterocycles. The molecule has 1 amide bonds. The van der Waals surface area contributed by atoms with E-state index in [0.29, 0.717) is 46.7 Å². The third kappa shape index (κ3) is 2.74. The second-order valence-electron chi connectivity index (χ2n) is 8.00. The number of fused-ring (bicyclic) bond motifs is 2. The molecule has 1 N–H and O–H groups in total. The molecule has 2 aliphatic heterocycles. The Kier molecular flexibility index (Phi) is 3.79. The smallest absolute Gasteiger partial charge is 0.276 e. The Morgan fingerprint density at radius 1 is 1.30 bits per heavy atom. The van der Waals surface area contributed by atoms with Crippen LogP contribution in [0.2, 0.25) is 5.02 Å². The molecule has 0 radical (unpaired) electrons. The van der Waals surface area contributed by atoms with E-state index >= 15 is 0 Å². The van der Waals surface area contributed by atoms with Gasteiger partial charge < -0.3 is 19.7 Å². The van der Waals surface area contributed by atoms with Crippen LogP contribution in [0, 0.1) is 18.8 Å². The summed E-state index contributed by atoms with van der Waals surface area (Å²) in [5.41, 5.74) is 4.35. The second kappa shape index (κ2) is 6.43. The molecule has 0 aromatic carbocycles. The first-order chi connectivity index (χ1) is 14.6. The molecule has 2 fully saturated rings. The topological polar surface area (TPSA) is 105 Å². The minimum absolute atomic E-state index is 0.101. The van der Waals surface area contributed by atoms with Gasteiger partial charge >= 0.3 is 0 Å². The van der Waals surface area contributed by atoms with Crippen LogP contribution in [-0.2, 0) is 6.54 Å². The number of aryl methyl sites for hydroxylation is 1. The van der Waals surface area contributed by atoms with Crippen LogP contribution in [-0.4, -0.2) is 55.3 Å². The molecule has 3 aliphatic rings. The highest BCUT2D eigenvalue weighted by atomic mass is 35.5. The van der Waals surface area contributed by atoms with Crippen molar-refractivity contribution in [1.82, 2.24) is 29.7 Å². The number of pyridine rings is 1. The molecule has 3 atom stereocenters. The van der Waals surface area contributed by atoms with Gasteiger partial charge in [-0.3, -0.25) is 4.79 Å². The molecule has 3 aromatic rings. The summed E-state index contributed by atoms with van der Waals surface area (Å²) in [6.07, 6.45) is 3.34. The lowest BCUT2D eigenvalue weighted by molar-refractivity contribution is 0.0696. The Hall–Kier alpha value is -3.14. The van der Waals surface area contributed by atoms with Crippen molar-refractivity contribution in [3.8, 4) is 0 Å². The maximum Gasteiger partial charge on any atom is 0.276 e. The van der Waals surface area contributed by atoms with Gasteiger partial charge in [0.05, 0.1) is 5.69 Å². The maximum absolute atomic E-state index is 12.7. The zero-order valence-electron chi connectivity index (χ0n) is 16.2. The predicted octanol–water partition coefficient (Wildman–Crippen LogP) is 1.63. The van der Waals surface area contributed by atoms with E-state index in [4.69, 9.17) is 16.1 Å². The normalized spacial score (nSPS) is 24.6. The molecule has 3 aromatic heterocycles. The number of imidazole rings is 1. The molecule has 1 saturated heterocycles. The van der Waals surface area contributed by atoms with Crippen LogP contribution in [0.3, 0.4) is 0 Å². The van der Waals surface area contributed by atoms with E-state index in [1.165, 1.54) is 0 Å². The number of carbonyl (C=O) groups excluding carboxylic acids is 1. The summed E-state index contributed by atoms with van der Waals surface area (Å²) >= 11 is 6.08. The largest absolute Gasteiger partial charge is 0.356 e. The van der Waals surface area contributed by atoms with Gasteiger partial charge in [-0.2, -0.15) is 4.98 Å². The summed E-state index contributed by atoms with van der Waals surface area (Å²) < 4.78 is 7.11. The first-order valence-electron chi connectivity index (χ1n) is 9.84. The maximum atomic E-state index is 12.7. The lowest BCUT2D eigenvalue weighted by Gasteiger charge is -2.28. The summed E-state index contributed by atoms with van der Waals surface area (Å²) in [4.78, 5) is 29.8. The van der Waals surface area contributed by atoms with Gasteiger partial charge in [0.1, 0.15) is 31.1 Å². The number of hydrogen-bond donors (Lipinski definition) is 1. The lowest BCUT2D eigenvalue weighted by Crippen LogP contribution is -2.44. The molecular formula is C19H19ClN8O2. The van der Waals surface area contributed by atoms with Crippen molar-refractivity contribution in [2.45, 2.75) is 19.4 Å². The Labute approximate surface area is 176 Å². The van der Waals surface area contributed by atoms with Gasteiger partial charge in [0.25, 0.3) is 5.91 Å². The Bertz CT molecular complexity index is 1130. The van der Waals surface area contributed by atoms with Crippen LogP contribution in [0.4, 0.5) is 5.82 Å². The summed E-state index contributed by atoms with van der Waals surface area (Å²) in [7, 11) is 0. The molecule has 30 heavy (non-hydrogen) atoms. The number of aromatic nitrogens is 5. The van der Waals surface area contributed by atoms with Gasteiger partial charge in [0.15, 0.2) is 5.82 Å². The van der Waals surface area contributed by atoms with Crippen molar-refractivity contribution in [2.75, 3.05) is 30.1 Å². The average molecular weight is 427 g/mol. The quantitative estimate of drug-likeness (QED) is 0.671. The summed E-state index contributed by atoms with van der Waals surface area (Å²) in [5.74, 6) is 3.28. The van der Waals surface area contributed by atoms with E-state index in [9.17, 15) is 4.79 Å². The van der Waals surface area contributed by atoms with Crippen molar-refractivity contribution in [3.63, 3.8) is 0 Å². The van der Waals surface area contributed by atoms with Crippen molar-refractivity contribution < 1.29 is 9.32 Å². The van der Waals surface area contributed by atoms with E-state index in [1.807, 2.05) is 13.0 Å².